The molecule has 146 valence electrons. The molecule has 0 heterocycles. The minimum Gasteiger partial charge on any atom is -0.465 e. The summed E-state index contributed by atoms with van der Waals surface area (Å²) < 4.78 is 4.68. The SMILES string of the molecule is COC(=O)c1ccc(NC(=S)NC(=O)C(c2ccccc2)c2ccccc2)cc1. The van der Waals surface area contributed by atoms with Crippen molar-refractivity contribution in [1.29, 1.82) is 0 Å². The molecule has 5 nitrogen and oxygen atoms in total. The normalized spacial score (nSPS) is 10.3. The van der Waals surface area contributed by atoms with Crippen molar-refractivity contribution in [3.8, 4) is 0 Å². The number of carbonyl (C=O) groups is 2. The fourth-order valence-corrected chi connectivity index (χ4v) is 3.16. The Hall–Kier alpha value is -3.51. The highest BCUT2D eigenvalue weighted by Gasteiger charge is 2.23. The molecule has 0 aliphatic rings. The minimum absolute atomic E-state index is 0.178. The van der Waals surface area contributed by atoms with Gasteiger partial charge in [-0.1, -0.05) is 60.7 Å². The molecule has 3 aromatic carbocycles. The first-order valence-corrected chi connectivity index (χ1v) is 9.39. The van der Waals surface area contributed by atoms with Gasteiger partial charge in [-0.3, -0.25) is 4.79 Å². The average Bonchev–Trinajstić information content (AvgIpc) is 2.75. The molecule has 3 rings (SSSR count). The highest BCUT2D eigenvalue weighted by atomic mass is 32.1. The maximum absolute atomic E-state index is 13.0. The summed E-state index contributed by atoms with van der Waals surface area (Å²) in [7, 11) is 1.33. The number of nitrogens with one attached hydrogen (secondary N) is 2. The number of benzene rings is 3. The van der Waals surface area contributed by atoms with Gasteiger partial charge in [0.15, 0.2) is 5.11 Å². The lowest BCUT2D eigenvalue weighted by Crippen LogP contribution is -2.37. The Kier molecular flexibility index (Phi) is 6.71. The number of amides is 1. The fraction of sp³-hybridized carbons (Fsp3) is 0.0870. The van der Waals surface area contributed by atoms with E-state index in [0.717, 1.165) is 11.1 Å². The second kappa shape index (κ2) is 9.61. The van der Waals surface area contributed by atoms with Crippen LogP contribution in [0.1, 0.15) is 27.4 Å². The number of anilines is 1. The lowest BCUT2D eigenvalue weighted by atomic mass is 9.90. The largest absolute Gasteiger partial charge is 0.465 e. The maximum atomic E-state index is 13.0. The van der Waals surface area contributed by atoms with Crippen molar-refractivity contribution in [3.05, 3.63) is 102 Å². The second-order valence-corrected chi connectivity index (χ2v) is 6.67. The summed E-state index contributed by atoms with van der Waals surface area (Å²) in [5.74, 6) is -1.13. The van der Waals surface area contributed by atoms with Crippen LogP contribution in [0.5, 0.6) is 0 Å². The fourth-order valence-electron chi connectivity index (χ4n) is 2.94. The lowest BCUT2D eigenvalue weighted by molar-refractivity contribution is -0.120. The number of hydrogen-bond donors (Lipinski definition) is 2. The minimum atomic E-state index is -0.487. The number of rotatable bonds is 5. The molecule has 2 N–H and O–H groups in total. The molecule has 0 aliphatic heterocycles. The van der Waals surface area contributed by atoms with Crippen LogP contribution in [0.4, 0.5) is 5.69 Å². The number of ether oxygens (including phenoxy) is 1. The van der Waals surface area contributed by atoms with E-state index in [1.54, 1.807) is 24.3 Å². The van der Waals surface area contributed by atoms with E-state index in [0.29, 0.717) is 11.3 Å². The molecular formula is C23H20N2O3S. The van der Waals surface area contributed by atoms with E-state index < -0.39 is 11.9 Å². The van der Waals surface area contributed by atoms with Gasteiger partial charge in [0, 0.05) is 5.69 Å². The third-order valence-electron chi connectivity index (χ3n) is 4.33. The Morgan fingerprint density at radius 3 is 1.83 bits per heavy atom. The van der Waals surface area contributed by atoms with Gasteiger partial charge < -0.3 is 15.4 Å². The first-order chi connectivity index (χ1) is 14.1. The van der Waals surface area contributed by atoms with Crippen molar-refractivity contribution >= 4 is 34.9 Å². The van der Waals surface area contributed by atoms with Gasteiger partial charge in [-0.2, -0.15) is 0 Å². The second-order valence-electron chi connectivity index (χ2n) is 6.27. The Balaban J connectivity index is 1.72. The molecule has 1 amide bonds. The van der Waals surface area contributed by atoms with Crippen LogP contribution in [0.2, 0.25) is 0 Å². The van der Waals surface area contributed by atoms with Gasteiger partial charge in [0.25, 0.3) is 0 Å². The van der Waals surface area contributed by atoms with E-state index in [1.165, 1.54) is 7.11 Å². The molecular weight excluding hydrogens is 384 g/mol. The molecule has 0 atom stereocenters. The molecule has 0 unspecified atom stereocenters. The van der Waals surface area contributed by atoms with Crippen LogP contribution in [0.25, 0.3) is 0 Å². The van der Waals surface area contributed by atoms with Crippen LogP contribution < -0.4 is 10.6 Å². The van der Waals surface area contributed by atoms with Crippen molar-refractivity contribution in [3.63, 3.8) is 0 Å². The number of esters is 1. The average molecular weight is 404 g/mol. The van der Waals surface area contributed by atoms with Crippen molar-refractivity contribution in [2.45, 2.75) is 5.92 Å². The first-order valence-electron chi connectivity index (χ1n) is 8.98. The van der Waals surface area contributed by atoms with Crippen LogP contribution in [-0.4, -0.2) is 24.1 Å². The highest BCUT2D eigenvalue weighted by molar-refractivity contribution is 7.80. The van der Waals surface area contributed by atoms with Gasteiger partial charge in [0.05, 0.1) is 18.6 Å². The van der Waals surface area contributed by atoms with Gasteiger partial charge in [-0.25, -0.2) is 4.79 Å². The number of methoxy groups -OCH3 is 1. The highest BCUT2D eigenvalue weighted by Crippen LogP contribution is 2.24. The monoisotopic (exact) mass is 404 g/mol. The summed E-state index contributed by atoms with van der Waals surface area (Å²) in [5.41, 5.74) is 2.84. The Morgan fingerprint density at radius 1 is 0.828 bits per heavy atom. The van der Waals surface area contributed by atoms with E-state index in [2.05, 4.69) is 15.4 Å². The van der Waals surface area contributed by atoms with Crippen LogP contribution in [-0.2, 0) is 9.53 Å². The van der Waals surface area contributed by atoms with Crippen molar-refractivity contribution < 1.29 is 14.3 Å². The Morgan fingerprint density at radius 2 is 1.34 bits per heavy atom. The van der Waals surface area contributed by atoms with Crippen LogP contribution in [0, 0.1) is 0 Å². The third kappa shape index (κ3) is 5.27. The van der Waals surface area contributed by atoms with E-state index in [1.807, 2.05) is 60.7 Å². The van der Waals surface area contributed by atoms with Crippen LogP contribution in [0.15, 0.2) is 84.9 Å². The number of thiocarbonyl (C=S) groups is 1. The van der Waals surface area contributed by atoms with Crippen molar-refractivity contribution in [2.75, 3.05) is 12.4 Å². The summed E-state index contributed by atoms with van der Waals surface area (Å²) in [4.78, 5) is 24.5. The molecule has 0 saturated heterocycles. The van der Waals surface area contributed by atoms with Crippen molar-refractivity contribution in [1.82, 2.24) is 5.32 Å². The topological polar surface area (TPSA) is 67.4 Å². The summed E-state index contributed by atoms with van der Waals surface area (Å²) in [6.45, 7) is 0. The zero-order chi connectivity index (χ0) is 20.6. The van der Waals surface area contributed by atoms with Gasteiger partial charge in [0.2, 0.25) is 5.91 Å². The van der Waals surface area contributed by atoms with Crippen molar-refractivity contribution in [2.24, 2.45) is 0 Å². The smallest absolute Gasteiger partial charge is 0.337 e. The molecule has 0 fully saturated rings. The van der Waals surface area contributed by atoms with E-state index in [9.17, 15) is 9.59 Å². The molecule has 29 heavy (non-hydrogen) atoms. The predicted molar refractivity (Wildman–Crippen MR) is 117 cm³/mol. The first kappa shape index (κ1) is 20.2. The Bertz CT molecular complexity index is 950. The van der Waals surface area contributed by atoms with E-state index >= 15 is 0 Å². The van der Waals surface area contributed by atoms with Gasteiger partial charge in [0.1, 0.15) is 0 Å². The molecule has 0 aromatic heterocycles. The number of hydrogen-bond acceptors (Lipinski definition) is 4. The zero-order valence-corrected chi connectivity index (χ0v) is 16.6. The van der Waals surface area contributed by atoms with Crippen LogP contribution in [0.3, 0.4) is 0 Å². The molecule has 0 bridgehead atoms. The van der Waals surface area contributed by atoms with E-state index in [-0.39, 0.29) is 11.0 Å². The predicted octanol–water partition coefficient (Wildman–Crippen LogP) is 4.12. The third-order valence-corrected chi connectivity index (χ3v) is 4.53. The quantitative estimate of drug-likeness (QED) is 0.495. The van der Waals surface area contributed by atoms with Gasteiger partial charge >= 0.3 is 5.97 Å². The molecule has 0 aliphatic carbocycles. The van der Waals surface area contributed by atoms with Gasteiger partial charge in [-0.05, 0) is 47.6 Å². The van der Waals surface area contributed by atoms with Gasteiger partial charge in [-0.15, -0.1) is 0 Å². The summed E-state index contributed by atoms with van der Waals surface area (Å²) in [5, 5.41) is 5.90. The zero-order valence-electron chi connectivity index (χ0n) is 15.8. The summed E-state index contributed by atoms with van der Waals surface area (Å²) in [6.07, 6.45) is 0. The number of carbonyl (C=O) groups excluding carboxylic acids is 2. The standard InChI is InChI=1S/C23H20N2O3S/c1-28-22(27)18-12-14-19(15-13-18)24-23(29)25-21(26)20(16-8-4-2-5-9-16)17-10-6-3-7-11-17/h2-15,20H,1H3,(H2,24,25,26,29). The lowest BCUT2D eigenvalue weighted by Gasteiger charge is -2.18. The van der Waals surface area contributed by atoms with Crippen LogP contribution >= 0.6 is 12.2 Å². The molecule has 0 radical (unpaired) electrons. The molecule has 0 saturated carbocycles. The maximum Gasteiger partial charge on any atom is 0.337 e. The van der Waals surface area contributed by atoms with E-state index in [4.69, 9.17) is 12.2 Å². The molecule has 0 spiro atoms. The molecule has 6 heteroatoms. The summed E-state index contributed by atoms with van der Waals surface area (Å²) >= 11 is 5.30. The molecule has 3 aromatic rings. The Labute approximate surface area is 174 Å². The summed E-state index contributed by atoms with van der Waals surface area (Å²) in [6, 6.07) is 25.7.